The van der Waals surface area contributed by atoms with E-state index in [1.165, 1.54) is 32.4 Å². The van der Waals surface area contributed by atoms with Gasteiger partial charge in [0.05, 0.1) is 6.42 Å². The van der Waals surface area contributed by atoms with E-state index in [0.717, 1.165) is 12.5 Å². The van der Waals surface area contributed by atoms with Gasteiger partial charge >= 0.3 is 5.97 Å². The molecule has 0 aliphatic carbocycles. The van der Waals surface area contributed by atoms with Gasteiger partial charge in [0.1, 0.15) is 0 Å². The Morgan fingerprint density at radius 3 is 2.59 bits per heavy atom. The summed E-state index contributed by atoms with van der Waals surface area (Å²) in [5, 5.41) is 8.75. The molecule has 0 aromatic heterocycles. The summed E-state index contributed by atoms with van der Waals surface area (Å²) in [6.45, 7) is 5.42. The highest BCUT2D eigenvalue weighted by Crippen LogP contribution is 2.20. The number of carboxylic acids is 1. The number of likely N-dealkylation sites (tertiary alicyclic amines) is 1. The minimum Gasteiger partial charge on any atom is -0.481 e. The Morgan fingerprint density at radius 1 is 1.47 bits per heavy atom. The number of piperidine rings is 1. The van der Waals surface area contributed by atoms with Crippen LogP contribution in [0.3, 0.4) is 0 Å². The number of hydrogen-bond acceptors (Lipinski definition) is 3. The maximum absolute atomic E-state index is 10.6. The van der Waals surface area contributed by atoms with Crippen molar-refractivity contribution in [3.05, 3.63) is 0 Å². The summed E-state index contributed by atoms with van der Waals surface area (Å²) in [6, 6.07) is 0.138. The molecular formula is C13H26N2O2. The summed E-state index contributed by atoms with van der Waals surface area (Å²) in [4.78, 5) is 15.2. The van der Waals surface area contributed by atoms with Crippen molar-refractivity contribution in [1.82, 2.24) is 9.80 Å². The SMILES string of the molecule is CC(CC(=O)O)N(C)CCC1CCN(C)CC1. The Hall–Kier alpha value is -0.610. The summed E-state index contributed by atoms with van der Waals surface area (Å²) in [5.74, 6) is 0.120. The van der Waals surface area contributed by atoms with Gasteiger partial charge in [-0.3, -0.25) is 4.79 Å². The minimum absolute atomic E-state index is 0.138. The zero-order valence-corrected chi connectivity index (χ0v) is 11.4. The van der Waals surface area contributed by atoms with Crippen LogP contribution < -0.4 is 0 Å². The van der Waals surface area contributed by atoms with Crippen LogP contribution in [0.4, 0.5) is 0 Å². The Kier molecular flexibility index (Phi) is 5.92. The van der Waals surface area contributed by atoms with Crippen molar-refractivity contribution in [2.75, 3.05) is 33.7 Å². The third kappa shape index (κ3) is 5.50. The lowest BCUT2D eigenvalue weighted by Gasteiger charge is -2.31. The Labute approximate surface area is 105 Å². The molecule has 1 N–H and O–H groups in total. The van der Waals surface area contributed by atoms with Gasteiger partial charge in [0, 0.05) is 6.04 Å². The zero-order chi connectivity index (χ0) is 12.8. The monoisotopic (exact) mass is 242 g/mol. The molecule has 4 nitrogen and oxygen atoms in total. The predicted octanol–water partition coefficient (Wildman–Crippen LogP) is 1.51. The van der Waals surface area contributed by atoms with E-state index in [0.29, 0.717) is 0 Å². The lowest BCUT2D eigenvalue weighted by atomic mass is 9.93. The Morgan fingerprint density at radius 2 is 2.06 bits per heavy atom. The molecular weight excluding hydrogens is 216 g/mol. The smallest absolute Gasteiger partial charge is 0.304 e. The second-order valence-electron chi connectivity index (χ2n) is 5.46. The molecule has 0 spiro atoms. The topological polar surface area (TPSA) is 43.8 Å². The van der Waals surface area contributed by atoms with Gasteiger partial charge in [-0.1, -0.05) is 0 Å². The van der Waals surface area contributed by atoms with E-state index in [1.807, 2.05) is 14.0 Å². The number of hydrogen-bond donors (Lipinski definition) is 1. The second-order valence-corrected chi connectivity index (χ2v) is 5.46. The van der Waals surface area contributed by atoms with Crippen molar-refractivity contribution in [2.24, 2.45) is 5.92 Å². The molecule has 1 rings (SSSR count). The number of nitrogens with zero attached hydrogens (tertiary/aromatic N) is 2. The summed E-state index contributed by atoms with van der Waals surface area (Å²) >= 11 is 0. The first-order valence-electron chi connectivity index (χ1n) is 6.59. The van der Waals surface area contributed by atoms with Gasteiger partial charge < -0.3 is 14.9 Å². The number of carboxylic acid groups (broad SMARTS) is 1. The molecule has 100 valence electrons. The van der Waals surface area contributed by atoms with Gasteiger partial charge in [0.15, 0.2) is 0 Å². The van der Waals surface area contributed by atoms with Crippen LogP contribution in [0.2, 0.25) is 0 Å². The molecule has 1 unspecified atom stereocenters. The van der Waals surface area contributed by atoms with Crippen LogP contribution in [0, 0.1) is 5.92 Å². The highest BCUT2D eigenvalue weighted by molar-refractivity contribution is 5.67. The number of aliphatic carboxylic acids is 1. The highest BCUT2D eigenvalue weighted by atomic mass is 16.4. The molecule has 0 radical (unpaired) electrons. The highest BCUT2D eigenvalue weighted by Gasteiger charge is 2.18. The molecule has 4 heteroatoms. The molecule has 0 bridgehead atoms. The van der Waals surface area contributed by atoms with Crippen molar-refractivity contribution in [2.45, 2.75) is 38.6 Å². The number of carbonyl (C=O) groups is 1. The van der Waals surface area contributed by atoms with Crippen LogP contribution in [-0.4, -0.2) is 60.6 Å². The van der Waals surface area contributed by atoms with E-state index in [-0.39, 0.29) is 12.5 Å². The second kappa shape index (κ2) is 6.97. The molecule has 1 saturated heterocycles. The van der Waals surface area contributed by atoms with E-state index in [4.69, 9.17) is 5.11 Å². The van der Waals surface area contributed by atoms with Crippen molar-refractivity contribution >= 4 is 5.97 Å². The van der Waals surface area contributed by atoms with Gasteiger partial charge in [-0.15, -0.1) is 0 Å². The summed E-state index contributed by atoms with van der Waals surface area (Å²) in [5.41, 5.74) is 0. The Bertz CT molecular complexity index is 238. The van der Waals surface area contributed by atoms with Crippen LogP contribution in [0.1, 0.15) is 32.6 Å². The van der Waals surface area contributed by atoms with Crippen LogP contribution in [0.25, 0.3) is 0 Å². The third-order valence-corrected chi connectivity index (χ3v) is 3.95. The summed E-state index contributed by atoms with van der Waals surface area (Å²) in [6.07, 6.45) is 4.02. The first kappa shape index (κ1) is 14.5. The van der Waals surface area contributed by atoms with Gasteiger partial charge in [0.25, 0.3) is 0 Å². The fraction of sp³-hybridized carbons (Fsp3) is 0.923. The molecule has 1 aliphatic heterocycles. The molecule has 0 saturated carbocycles. The minimum atomic E-state index is -0.705. The Balaban J connectivity index is 2.18. The van der Waals surface area contributed by atoms with Crippen molar-refractivity contribution in [3.63, 3.8) is 0 Å². The third-order valence-electron chi connectivity index (χ3n) is 3.95. The average Bonchev–Trinajstić information content (AvgIpc) is 2.27. The average molecular weight is 242 g/mol. The molecule has 17 heavy (non-hydrogen) atoms. The van der Waals surface area contributed by atoms with Crippen LogP contribution in [-0.2, 0) is 4.79 Å². The quantitative estimate of drug-likeness (QED) is 0.767. The lowest BCUT2D eigenvalue weighted by Crippen LogP contribution is -2.35. The molecule has 0 amide bonds. The predicted molar refractivity (Wildman–Crippen MR) is 69.2 cm³/mol. The summed E-state index contributed by atoms with van der Waals surface area (Å²) in [7, 11) is 4.21. The molecule has 0 aromatic rings. The normalized spacial score (nSPS) is 20.7. The van der Waals surface area contributed by atoms with Crippen molar-refractivity contribution in [1.29, 1.82) is 0 Å². The standard InChI is InChI=1S/C13H26N2O2/c1-11(10-13(16)17)15(3)9-6-12-4-7-14(2)8-5-12/h11-12H,4-10H2,1-3H3,(H,16,17). The largest absolute Gasteiger partial charge is 0.481 e. The molecule has 0 aromatic carbocycles. The van der Waals surface area contributed by atoms with Crippen LogP contribution in [0.15, 0.2) is 0 Å². The maximum atomic E-state index is 10.6. The van der Waals surface area contributed by atoms with Gasteiger partial charge in [-0.05, 0) is 65.8 Å². The van der Waals surface area contributed by atoms with Crippen molar-refractivity contribution < 1.29 is 9.90 Å². The van der Waals surface area contributed by atoms with Crippen molar-refractivity contribution in [3.8, 4) is 0 Å². The molecule has 1 heterocycles. The lowest BCUT2D eigenvalue weighted by molar-refractivity contribution is -0.138. The van der Waals surface area contributed by atoms with Gasteiger partial charge in [0.2, 0.25) is 0 Å². The summed E-state index contributed by atoms with van der Waals surface area (Å²) < 4.78 is 0. The van der Waals surface area contributed by atoms with Crippen LogP contribution in [0.5, 0.6) is 0 Å². The fourth-order valence-electron chi connectivity index (χ4n) is 2.37. The number of rotatable bonds is 6. The molecule has 1 fully saturated rings. The first-order valence-corrected chi connectivity index (χ1v) is 6.59. The van der Waals surface area contributed by atoms with E-state index < -0.39 is 5.97 Å². The van der Waals surface area contributed by atoms with E-state index in [2.05, 4.69) is 16.8 Å². The van der Waals surface area contributed by atoms with E-state index in [9.17, 15) is 4.79 Å². The molecule has 1 atom stereocenters. The zero-order valence-electron chi connectivity index (χ0n) is 11.4. The van der Waals surface area contributed by atoms with E-state index in [1.54, 1.807) is 0 Å². The van der Waals surface area contributed by atoms with Gasteiger partial charge in [-0.25, -0.2) is 0 Å². The first-order chi connectivity index (χ1) is 7.99. The van der Waals surface area contributed by atoms with Gasteiger partial charge in [-0.2, -0.15) is 0 Å². The van der Waals surface area contributed by atoms with E-state index >= 15 is 0 Å². The molecule has 1 aliphatic rings. The maximum Gasteiger partial charge on any atom is 0.304 e. The fourth-order valence-corrected chi connectivity index (χ4v) is 2.37. The van der Waals surface area contributed by atoms with Crippen LogP contribution >= 0.6 is 0 Å².